The maximum atomic E-state index is 12.1. The van der Waals surface area contributed by atoms with Gasteiger partial charge in [0.2, 0.25) is 0 Å². The summed E-state index contributed by atoms with van der Waals surface area (Å²) in [5.41, 5.74) is 2.45. The Hall–Kier alpha value is -2.47. The molecule has 2 N–H and O–H groups in total. The van der Waals surface area contributed by atoms with Gasteiger partial charge in [-0.3, -0.25) is 9.89 Å². The van der Waals surface area contributed by atoms with Gasteiger partial charge < -0.3 is 5.32 Å². The van der Waals surface area contributed by atoms with Crippen LogP contribution >= 0.6 is 11.6 Å². The number of aromatic nitrogens is 4. The molecule has 6 nitrogen and oxygen atoms in total. The summed E-state index contributed by atoms with van der Waals surface area (Å²) in [6.07, 6.45) is 1.45. The van der Waals surface area contributed by atoms with Crippen molar-refractivity contribution in [2.75, 3.05) is 5.32 Å². The maximum absolute atomic E-state index is 12.1. The summed E-state index contributed by atoms with van der Waals surface area (Å²) < 4.78 is 0. The second-order valence-electron chi connectivity index (χ2n) is 4.21. The van der Waals surface area contributed by atoms with Gasteiger partial charge in [-0.05, 0) is 19.1 Å². The molecule has 0 aliphatic carbocycles. The number of benzene rings is 1. The van der Waals surface area contributed by atoms with Crippen molar-refractivity contribution < 1.29 is 4.79 Å². The SMILES string of the molecule is Cc1[nH]ncc1C(=O)Nc1nc2ccccc2nc1Cl. The summed E-state index contributed by atoms with van der Waals surface area (Å²) in [7, 11) is 0. The molecule has 0 fully saturated rings. The minimum absolute atomic E-state index is 0.151. The molecule has 0 saturated carbocycles. The summed E-state index contributed by atoms with van der Waals surface area (Å²) in [4.78, 5) is 20.6. The number of amides is 1. The fourth-order valence-electron chi connectivity index (χ4n) is 1.81. The molecular weight excluding hydrogens is 278 g/mol. The van der Waals surface area contributed by atoms with Crippen molar-refractivity contribution in [2.45, 2.75) is 6.92 Å². The van der Waals surface area contributed by atoms with Gasteiger partial charge in [0, 0.05) is 5.69 Å². The smallest absolute Gasteiger partial charge is 0.260 e. The number of hydrogen-bond acceptors (Lipinski definition) is 4. The minimum Gasteiger partial charge on any atom is -0.304 e. The Bertz CT molecular complexity index is 798. The largest absolute Gasteiger partial charge is 0.304 e. The number of carbonyl (C=O) groups is 1. The summed E-state index contributed by atoms with van der Waals surface area (Å²) in [5, 5.41) is 9.29. The molecule has 0 radical (unpaired) electrons. The van der Waals surface area contributed by atoms with Crippen molar-refractivity contribution >= 4 is 34.4 Å². The third kappa shape index (κ3) is 2.21. The molecule has 0 spiro atoms. The van der Waals surface area contributed by atoms with E-state index in [0.29, 0.717) is 22.3 Å². The Kier molecular flexibility index (Phi) is 3.08. The van der Waals surface area contributed by atoms with Gasteiger partial charge in [0.15, 0.2) is 11.0 Å². The average Bonchev–Trinajstić information content (AvgIpc) is 2.86. The predicted molar refractivity (Wildman–Crippen MR) is 75.8 cm³/mol. The van der Waals surface area contributed by atoms with E-state index in [1.807, 2.05) is 12.1 Å². The van der Waals surface area contributed by atoms with Gasteiger partial charge in [0.05, 0.1) is 22.8 Å². The molecular formula is C13H10ClN5O. The lowest BCUT2D eigenvalue weighted by molar-refractivity contribution is 0.102. The van der Waals surface area contributed by atoms with Crippen LogP contribution in [0.3, 0.4) is 0 Å². The van der Waals surface area contributed by atoms with Gasteiger partial charge in [-0.25, -0.2) is 9.97 Å². The number of carbonyl (C=O) groups excluding carboxylic acids is 1. The van der Waals surface area contributed by atoms with Gasteiger partial charge >= 0.3 is 0 Å². The van der Waals surface area contributed by atoms with Crippen LogP contribution < -0.4 is 5.32 Å². The number of nitrogens with one attached hydrogen (secondary N) is 2. The van der Waals surface area contributed by atoms with E-state index in [0.717, 1.165) is 0 Å². The van der Waals surface area contributed by atoms with E-state index in [1.165, 1.54) is 6.20 Å². The fraction of sp³-hybridized carbons (Fsp3) is 0.0769. The number of rotatable bonds is 2. The van der Waals surface area contributed by atoms with Gasteiger partial charge in [0.25, 0.3) is 5.91 Å². The Balaban J connectivity index is 1.96. The summed E-state index contributed by atoms with van der Waals surface area (Å²) in [5.74, 6) is -0.0984. The lowest BCUT2D eigenvalue weighted by Gasteiger charge is -2.06. The van der Waals surface area contributed by atoms with Crippen LogP contribution in [0.5, 0.6) is 0 Å². The molecule has 0 atom stereocenters. The Labute approximate surface area is 119 Å². The first-order valence-corrected chi connectivity index (χ1v) is 6.26. The van der Waals surface area contributed by atoms with Crippen LogP contribution in [0.15, 0.2) is 30.5 Å². The number of H-pyrrole nitrogens is 1. The molecule has 7 heteroatoms. The summed E-state index contributed by atoms with van der Waals surface area (Å²) in [6.45, 7) is 1.76. The van der Waals surface area contributed by atoms with Crippen LogP contribution in [0.1, 0.15) is 16.1 Å². The third-order valence-electron chi connectivity index (χ3n) is 2.83. The number of fused-ring (bicyclic) bond motifs is 1. The van der Waals surface area contributed by atoms with Crippen molar-refractivity contribution in [1.82, 2.24) is 20.2 Å². The van der Waals surface area contributed by atoms with Gasteiger partial charge in [-0.2, -0.15) is 5.10 Å². The highest BCUT2D eigenvalue weighted by molar-refractivity contribution is 6.32. The Morgan fingerprint density at radius 3 is 2.60 bits per heavy atom. The third-order valence-corrected chi connectivity index (χ3v) is 3.10. The van der Waals surface area contributed by atoms with Gasteiger partial charge in [0.1, 0.15) is 0 Å². The highest BCUT2D eigenvalue weighted by Crippen LogP contribution is 2.21. The van der Waals surface area contributed by atoms with E-state index < -0.39 is 0 Å². The van der Waals surface area contributed by atoms with E-state index in [2.05, 4.69) is 25.5 Å². The first-order chi connectivity index (χ1) is 9.65. The van der Waals surface area contributed by atoms with Gasteiger partial charge in [-0.15, -0.1) is 0 Å². The molecule has 2 aromatic heterocycles. The molecule has 2 heterocycles. The standard InChI is InChI=1S/C13H10ClN5O/c1-7-8(6-15-19-7)13(20)18-12-11(14)16-9-4-2-3-5-10(9)17-12/h2-6H,1H3,(H,15,19)(H,17,18,20). The quantitative estimate of drug-likeness (QED) is 0.759. The number of halogens is 1. The Morgan fingerprint density at radius 1 is 1.25 bits per heavy atom. The number of nitrogens with zero attached hydrogens (tertiary/aromatic N) is 3. The molecule has 20 heavy (non-hydrogen) atoms. The Morgan fingerprint density at radius 2 is 1.95 bits per heavy atom. The minimum atomic E-state index is -0.331. The van der Waals surface area contributed by atoms with Crippen LogP contribution in [0.2, 0.25) is 5.15 Å². The molecule has 0 aliphatic heterocycles. The van der Waals surface area contributed by atoms with E-state index >= 15 is 0 Å². The first kappa shape index (κ1) is 12.6. The van der Waals surface area contributed by atoms with Crippen molar-refractivity contribution in [3.63, 3.8) is 0 Å². The van der Waals surface area contributed by atoms with Crippen molar-refractivity contribution in [3.05, 3.63) is 46.9 Å². The molecule has 0 unspecified atom stereocenters. The zero-order chi connectivity index (χ0) is 14.1. The van der Waals surface area contributed by atoms with E-state index in [4.69, 9.17) is 11.6 Å². The topological polar surface area (TPSA) is 83.6 Å². The average molecular weight is 288 g/mol. The van der Waals surface area contributed by atoms with Crippen molar-refractivity contribution in [2.24, 2.45) is 0 Å². The van der Waals surface area contributed by atoms with Crippen LogP contribution in [0.25, 0.3) is 11.0 Å². The molecule has 1 amide bonds. The summed E-state index contributed by atoms with van der Waals surface area (Å²) in [6, 6.07) is 7.30. The maximum Gasteiger partial charge on any atom is 0.260 e. The monoisotopic (exact) mass is 287 g/mol. The molecule has 3 aromatic rings. The van der Waals surface area contributed by atoms with Crippen LogP contribution in [-0.2, 0) is 0 Å². The second kappa shape index (κ2) is 4.90. The lowest BCUT2D eigenvalue weighted by atomic mass is 10.2. The van der Waals surface area contributed by atoms with E-state index in [-0.39, 0.29) is 16.9 Å². The molecule has 100 valence electrons. The number of anilines is 1. The summed E-state index contributed by atoms with van der Waals surface area (Å²) >= 11 is 6.04. The number of aryl methyl sites for hydroxylation is 1. The number of para-hydroxylation sites is 2. The number of hydrogen-bond donors (Lipinski definition) is 2. The second-order valence-corrected chi connectivity index (χ2v) is 4.57. The zero-order valence-corrected chi connectivity index (χ0v) is 11.3. The van der Waals surface area contributed by atoms with E-state index in [9.17, 15) is 4.79 Å². The number of aromatic amines is 1. The molecule has 0 bridgehead atoms. The van der Waals surface area contributed by atoms with Crippen LogP contribution in [0, 0.1) is 6.92 Å². The molecule has 0 aliphatic rings. The van der Waals surface area contributed by atoms with E-state index in [1.54, 1.807) is 19.1 Å². The first-order valence-electron chi connectivity index (χ1n) is 5.89. The normalized spacial score (nSPS) is 10.7. The van der Waals surface area contributed by atoms with Crippen LogP contribution in [-0.4, -0.2) is 26.1 Å². The van der Waals surface area contributed by atoms with Crippen molar-refractivity contribution in [3.8, 4) is 0 Å². The lowest BCUT2D eigenvalue weighted by Crippen LogP contribution is -2.14. The van der Waals surface area contributed by atoms with Crippen molar-refractivity contribution in [1.29, 1.82) is 0 Å². The predicted octanol–water partition coefficient (Wildman–Crippen LogP) is 2.57. The molecule has 0 saturated heterocycles. The van der Waals surface area contributed by atoms with Gasteiger partial charge in [-0.1, -0.05) is 23.7 Å². The fourth-order valence-corrected chi connectivity index (χ4v) is 1.99. The van der Waals surface area contributed by atoms with Crippen LogP contribution in [0.4, 0.5) is 5.82 Å². The zero-order valence-electron chi connectivity index (χ0n) is 10.5. The highest BCUT2D eigenvalue weighted by Gasteiger charge is 2.14. The highest BCUT2D eigenvalue weighted by atomic mass is 35.5. The molecule has 3 rings (SSSR count). The molecule has 1 aromatic carbocycles.